The molecule has 5 atom stereocenters. The second-order valence-corrected chi connectivity index (χ2v) is 10.9. The Kier molecular flexibility index (Phi) is 10.5. The van der Waals surface area contributed by atoms with Gasteiger partial charge in [0.2, 0.25) is 0 Å². The summed E-state index contributed by atoms with van der Waals surface area (Å²) in [5.74, 6) is 0. The van der Waals surface area contributed by atoms with E-state index in [2.05, 4.69) is 0 Å². The van der Waals surface area contributed by atoms with Gasteiger partial charge in [0, 0.05) is 9.82 Å². The van der Waals surface area contributed by atoms with E-state index in [1.807, 2.05) is 121 Å². The predicted molar refractivity (Wildman–Crippen MR) is 158 cm³/mol. The molecule has 1 aliphatic rings. The Morgan fingerprint density at radius 2 is 1.12 bits per heavy atom. The number of rotatable bonds is 13. The van der Waals surface area contributed by atoms with Crippen LogP contribution in [0.4, 0.5) is 0 Å². The van der Waals surface area contributed by atoms with E-state index in [9.17, 15) is 10.1 Å². The van der Waals surface area contributed by atoms with Crippen molar-refractivity contribution in [2.24, 2.45) is 0 Å². The zero-order chi connectivity index (χ0) is 28.3. The van der Waals surface area contributed by atoms with Crippen molar-refractivity contribution >= 4 is 11.8 Å². The Labute approximate surface area is 244 Å². The third kappa shape index (κ3) is 8.25. The first-order valence-corrected chi connectivity index (χ1v) is 14.5. The van der Waals surface area contributed by atoms with Crippen LogP contribution in [-0.4, -0.2) is 41.3 Å². The smallest absolute Gasteiger partial charge is 0.276 e. The summed E-state index contributed by atoms with van der Waals surface area (Å²) in [4.78, 5) is 13.2. The molecule has 1 fully saturated rings. The highest BCUT2D eigenvalue weighted by Gasteiger charge is 2.54. The molecule has 0 N–H and O–H groups in total. The van der Waals surface area contributed by atoms with Gasteiger partial charge in [0.25, 0.3) is 6.04 Å². The first-order chi connectivity index (χ1) is 20.2. The van der Waals surface area contributed by atoms with Crippen molar-refractivity contribution in [1.29, 1.82) is 0 Å². The first kappa shape index (κ1) is 29.0. The summed E-state index contributed by atoms with van der Waals surface area (Å²) < 4.78 is 25.4. The Hall–Kier alpha value is -3.53. The summed E-state index contributed by atoms with van der Waals surface area (Å²) in [6.07, 6.45) is -2.22. The highest BCUT2D eigenvalue weighted by Crippen LogP contribution is 2.37. The highest BCUT2D eigenvalue weighted by molar-refractivity contribution is 7.99. The molecule has 4 aromatic rings. The molecule has 7 nitrogen and oxygen atoms in total. The maximum atomic E-state index is 12.6. The van der Waals surface area contributed by atoms with Gasteiger partial charge >= 0.3 is 0 Å². The van der Waals surface area contributed by atoms with Crippen molar-refractivity contribution in [3.8, 4) is 0 Å². The Bertz CT molecular complexity index is 1330. The van der Waals surface area contributed by atoms with Gasteiger partial charge in [-0.3, -0.25) is 10.1 Å². The summed E-state index contributed by atoms with van der Waals surface area (Å²) in [6, 6.07) is 37.6. The van der Waals surface area contributed by atoms with Crippen LogP contribution in [0.25, 0.3) is 0 Å². The minimum atomic E-state index is -1.17. The van der Waals surface area contributed by atoms with Crippen LogP contribution in [0.2, 0.25) is 0 Å². The van der Waals surface area contributed by atoms with Crippen molar-refractivity contribution in [3.05, 3.63) is 148 Å². The second kappa shape index (κ2) is 14.9. The molecule has 8 heteroatoms. The Morgan fingerprint density at radius 3 is 1.63 bits per heavy atom. The molecular formula is C33H33NO6S. The van der Waals surface area contributed by atoms with Crippen molar-refractivity contribution in [3.63, 3.8) is 0 Å². The molecule has 5 rings (SSSR count). The fourth-order valence-electron chi connectivity index (χ4n) is 4.77. The fourth-order valence-corrected chi connectivity index (χ4v) is 5.95. The predicted octanol–water partition coefficient (Wildman–Crippen LogP) is 6.54. The van der Waals surface area contributed by atoms with Crippen molar-refractivity contribution < 1.29 is 23.9 Å². The van der Waals surface area contributed by atoms with E-state index in [1.54, 1.807) is 0 Å². The molecule has 0 aliphatic carbocycles. The molecule has 0 saturated carbocycles. The number of nitro groups is 1. The van der Waals surface area contributed by atoms with E-state index in [-0.39, 0.29) is 24.7 Å². The summed E-state index contributed by atoms with van der Waals surface area (Å²) in [7, 11) is 0. The maximum absolute atomic E-state index is 12.6. The molecule has 0 bridgehead atoms. The molecule has 212 valence electrons. The lowest BCUT2D eigenvalue weighted by molar-refractivity contribution is -0.555. The topological polar surface area (TPSA) is 80.1 Å². The van der Waals surface area contributed by atoms with Gasteiger partial charge in [-0.25, -0.2) is 0 Å². The van der Waals surface area contributed by atoms with Crippen LogP contribution in [0, 0.1) is 10.1 Å². The lowest BCUT2D eigenvalue weighted by Gasteiger charge is -2.42. The number of thioether (sulfide) groups is 1. The number of hydrogen-bond donors (Lipinski definition) is 0. The zero-order valence-electron chi connectivity index (χ0n) is 22.6. The molecular weight excluding hydrogens is 538 g/mol. The third-order valence-electron chi connectivity index (χ3n) is 6.82. The number of hydrogen-bond acceptors (Lipinski definition) is 7. The van der Waals surface area contributed by atoms with Crippen LogP contribution in [0.15, 0.2) is 126 Å². The van der Waals surface area contributed by atoms with E-state index in [1.165, 1.54) is 11.8 Å². The largest absolute Gasteiger partial charge is 0.374 e. The summed E-state index contributed by atoms with van der Waals surface area (Å²) in [5, 5.41) is 12.6. The monoisotopic (exact) mass is 571 g/mol. The fraction of sp³-hybridized carbons (Fsp3) is 0.273. The highest BCUT2D eigenvalue weighted by atomic mass is 32.2. The van der Waals surface area contributed by atoms with Gasteiger partial charge < -0.3 is 18.9 Å². The average molecular weight is 572 g/mol. The molecule has 0 radical (unpaired) electrons. The van der Waals surface area contributed by atoms with Crippen molar-refractivity contribution in [2.45, 2.75) is 54.5 Å². The van der Waals surface area contributed by atoms with Crippen LogP contribution in [0.5, 0.6) is 0 Å². The van der Waals surface area contributed by atoms with Gasteiger partial charge in [-0.15, -0.1) is 0 Å². The quantitative estimate of drug-likeness (QED) is 0.133. The van der Waals surface area contributed by atoms with Gasteiger partial charge in [-0.1, -0.05) is 121 Å². The van der Waals surface area contributed by atoms with E-state index in [0.29, 0.717) is 6.61 Å². The van der Waals surface area contributed by atoms with Crippen LogP contribution < -0.4 is 0 Å². The molecule has 1 heterocycles. The molecule has 4 aromatic carbocycles. The first-order valence-electron chi connectivity index (χ1n) is 13.6. The molecule has 41 heavy (non-hydrogen) atoms. The summed E-state index contributed by atoms with van der Waals surface area (Å²) in [6.45, 7) is 1.05. The van der Waals surface area contributed by atoms with Crippen LogP contribution in [0.3, 0.4) is 0 Å². The van der Waals surface area contributed by atoms with E-state index in [0.717, 1.165) is 21.6 Å². The summed E-state index contributed by atoms with van der Waals surface area (Å²) in [5.41, 5.74) is 2.10. The van der Waals surface area contributed by atoms with Crippen LogP contribution in [0.1, 0.15) is 16.7 Å². The minimum absolute atomic E-state index is 0.190. The molecule has 0 unspecified atom stereocenters. The van der Waals surface area contributed by atoms with Gasteiger partial charge in [-0.2, -0.15) is 0 Å². The number of ether oxygens (including phenoxy) is 4. The zero-order valence-corrected chi connectivity index (χ0v) is 23.4. The van der Waals surface area contributed by atoms with Gasteiger partial charge in [0.05, 0.1) is 26.4 Å². The molecule has 1 saturated heterocycles. The summed E-state index contributed by atoms with van der Waals surface area (Å²) >= 11 is 1.32. The van der Waals surface area contributed by atoms with Gasteiger partial charge in [-0.05, 0) is 28.8 Å². The molecule has 0 amide bonds. The van der Waals surface area contributed by atoms with Gasteiger partial charge in [0.1, 0.15) is 12.2 Å². The maximum Gasteiger partial charge on any atom is 0.276 e. The standard InChI is InChI=1S/C33H33NO6S/c35-34(36)30-32(39-23-27-17-9-3-10-18-27)31(38-22-26-15-7-2-8-16-26)29(24-37-21-25-13-5-1-6-14-25)40-33(30)41-28-19-11-4-12-20-28/h1-20,29-33H,21-24H2/t29-,30-,31+,32-,33+/m1/s1. The number of nitrogens with zero attached hydrogens (tertiary/aromatic N) is 1. The second-order valence-electron chi connectivity index (χ2n) is 9.77. The number of benzene rings is 4. The Balaban J connectivity index is 1.43. The van der Waals surface area contributed by atoms with Gasteiger partial charge in [0.15, 0.2) is 11.5 Å². The SMILES string of the molecule is O=[N+]([O-])[C@@H]1[C@@H](OCc2ccccc2)[C@@H](OCc2ccccc2)[C@@H](COCc2ccccc2)O[C@H]1Sc1ccccc1. The van der Waals surface area contributed by atoms with E-state index < -0.39 is 29.8 Å². The van der Waals surface area contributed by atoms with E-state index >= 15 is 0 Å². The van der Waals surface area contributed by atoms with Crippen LogP contribution >= 0.6 is 11.8 Å². The van der Waals surface area contributed by atoms with Crippen molar-refractivity contribution in [2.75, 3.05) is 6.61 Å². The molecule has 0 spiro atoms. The van der Waals surface area contributed by atoms with Crippen LogP contribution in [-0.2, 0) is 38.8 Å². The molecule has 0 aromatic heterocycles. The Morgan fingerprint density at radius 1 is 0.659 bits per heavy atom. The minimum Gasteiger partial charge on any atom is -0.374 e. The van der Waals surface area contributed by atoms with E-state index in [4.69, 9.17) is 18.9 Å². The molecule has 1 aliphatic heterocycles. The lowest BCUT2D eigenvalue weighted by atomic mass is 9.97. The average Bonchev–Trinajstić information content (AvgIpc) is 3.01. The third-order valence-corrected chi connectivity index (χ3v) is 7.98. The normalized spacial score (nSPS) is 22.3. The van der Waals surface area contributed by atoms with Crippen molar-refractivity contribution in [1.82, 2.24) is 0 Å². The lowest BCUT2D eigenvalue weighted by Crippen LogP contribution is -2.62.